The lowest BCUT2D eigenvalue weighted by Crippen LogP contribution is -2.48. The van der Waals surface area contributed by atoms with Gasteiger partial charge in [0.15, 0.2) is 5.82 Å². The van der Waals surface area contributed by atoms with E-state index in [9.17, 15) is 5.11 Å². The van der Waals surface area contributed by atoms with Crippen LogP contribution >= 0.6 is 0 Å². The zero-order chi connectivity index (χ0) is 20.6. The molecule has 7 nitrogen and oxygen atoms in total. The molecule has 4 rings (SSSR count). The van der Waals surface area contributed by atoms with Crippen LogP contribution in [0.15, 0.2) is 36.5 Å². The van der Waals surface area contributed by atoms with Gasteiger partial charge in [0.05, 0.1) is 23.7 Å². The number of piperidine rings is 1. The summed E-state index contributed by atoms with van der Waals surface area (Å²) in [6.07, 6.45) is 3.58. The number of hydrogen-bond acceptors (Lipinski definition) is 6. The number of hydrogen-bond donors (Lipinski definition) is 2. The van der Waals surface area contributed by atoms with Crippen LogP contribution in [-0.2, 0) is 13.7 Å². The van der Waals surface area contributed by atoms with Crippen LogP contribution in [0.4, 0.5) is 5.82 Å². The number of rotatable bonds is 4. The molecule has 1 aromatic carbocycles. The Hall–Kier alpha value is -2.77. The maximum Gasteiger partial charge on any atom is 0.153 e. The molecule has 152 valence electrons. The van der Waals surface area contributed by atoms with Gasteiger partial charge in [-0.15, -0.1) is 0 Å². The quantitative estimate of drug-likeness (QED) is 0.709. The Labute approximate surface area is 171 Å². The zero-order valence-electron chi connectivity index (χ0n) is 17.3. The fraction of sp³-hybridized carbons (Fsp3) is 0.409. The van der Waals surface area contributed by atoms with Crippen LogP contribution in [0, 0.1) is 6.92 Å². The lowest BCUT2D eigenvalue weighted by Gasteiger charge is -2.38. The Morgan fingerprint density at radius 3 is 2.52 bits per heavy atom. The van der Waals surface area contributed by atoms with Gasteiger partial charge in [0.25, 0.3) is 0 Å². The van der Waals surface area contributed by atoms with Gasteiger partial charge in [-0.25, -0.2) is 9.97 Å². The Kier molecular flexibility index (Phi) is 5.10. The van der Waals surface area contributed by atoms with Gasteiger partial charge in [0.1, 0.15) is 5.69 Å². The number of anilines is 1. The van der Waals surface area contributed by atoms with Crippen LogP contribution in [-0.4, -0.2) is 43.5 Å². The van der Waals surface area contributed by atoms with Gasteiger partial charge in [-0.05, 0) is 38.8 Å². The Morgan fingerprint density at radius 1 is 1.14 bits per heavy atom. The maximum atomic E-state index is 9.99. The molecular formula is C22H28N6O. The van der Waals surface area contributed by atoms with Crippen molar-refractivity contribution in [3.63, 3.8) is 0 Å². The van der Waals surface area contributed by atoms with Crippen LogP contribution in [0.1, 0.15) is 31.2 Å². The van der Waals surface area contributed by atoms with Crippen LogP contribution in [0.3, 0.4) is 0 Å². The largest absolute Gasteiger partial charge is 0.390 e. The van der Waals surface area contributed by atoms with Gasteiger partial charge in [-0.3, -0.25) is 4.68 Å². The lowest BCUT2D eigenvalue weighted by molar-refractivity contribution is 0.275. The van der Waals surface area contributed by atoms with Crippen molar-refractivity contribution in [3.05, 3.63) is 47.9 Å². The van der Waals surface area contributed by atoms with Crippen LogP contribution in [0.2, 0.25) is 0 Å². The SMILES string of the molecule is Cc1nc(N2CCC(C)(N)CC2)c(CO)nc1-c1cccc(-c2ccnn2C)c1. The zero-order valence-corrected chi connectivity index (χ0v) is 17.3. The van der Waals surface area contributed by atoms with Crippen molar-refractivity contribution in [2.75, 3.05) is 18.0 Å². The average Bonchev–Trinajstić information content (AvgIpc) is 3.14. The number of aliphatic hydroxyl groups excluding tert-OH is 1. The van der Waals surface area contributed by atoms with E-state index in [0.717, 1.165) is 60.0 Å². The molecule has 3 N–H and O–H groups in total. The lowest BCUT2D eigenvalue weighted by atomic mass is 9.91. The van der Waals surface area contributed by atoms with Crippen LogP contribution in [0.5, 0.6) is 0 Å². The molecule has 0 atom stereocenters. The molecule has 1 aliphatic heterocycles. The molecule has 0 spiro atoms. The highest BCUT2D eigenvalue weighted by atomic mass is 16.3. The molecule has 2 aromatic heterocycles. The van der Waals surface area contributed by atoms with Gasteiger partial charge >= 0.3 is 0 Å². The molecular weight excluding hydrogens is 364 g/mol. The summed E-state index contributed by atoms with van der Waals surface area (Å²) in [6.45, 7) is 5.56. The van der Waals surface area contributed by atoms with E-state index in [2.05, 4.69) is 29.1 Å². The van der Waals surface area contributed by atoms with E-state index in [1.54, 1.807) is 6.20 Å². The molecule has 0 amide bonds. The Bertz CT molecular complexity index is 1020. The van der Waals surface area contributed by atoms with E-state index in [1.165, 1.54) is 0 Å². The number of aliphatic hydroxyl groups is 1. The van der Waals surface area contributed by atoms with Crippen LogP contribution in [0.25, 0.3) is 22.5 Å². The van der Waals surface area contributed by atoms with E-state index in [0.29, 0.717) is 5.69 Å². The molecule has 3 heterocycles. The summed E-state index contributed by atoms with van der Waals surface area (Å²) in [5.74, 6) is 0.770. The minimum absolute atomic E-state index is 0.134. The number of aryl methyl sites for hydroxylation is 2. The number of nitrogens with two attached hydrogens (primary N) is 1. The molecule has 1 fully saturated rings. The van der Waals surface area contributed by atoms with Crippen molar-refractivity contribution in [2.24, 2.45) is 12.8 Å². The van der Waals surface area contributed by atoms with E-state index in [1.807, 2.05) is 36.9 Å². The van der Waals surface area contributed by atoms with Gasteiger partial charge in [0.2, 0.25) is 0 Å². The molecule has 1 aliphatic rings. The van der Waals surface area contributed by atoms with Crippen molar-refractivity contribution in [1.82, 2.24) is 19.7 Å². The van der Waals surface area contributed by atoms with Crippen LogP contribution < -0.4 is 10.6 Å². The van der Waals surface area contributed by atoms with Gasteiger partial charge in [-0.1, -0.05) is 18.2 Å². The van der Waals surface area contributed by atoms with Crippen molar-refractivity contribution < 1.29 is 5.11 Å². The van der Waals surface area contributed by atoms with E-state index in [-0.39, 0.29) is 12.1 Å². The average molecular weight is 393 g/mol. The van der Waals surface area contributed by atoms with E-state index < -0.39 is 0 Å². The van der Waals surface area contributed by atoms with E-state index in [4.69, 9.17) is 15.7 Å². The monoisotopic (exact) mass is 392 g/mol. The molecule has 7 heteroatoms. The normalized spacial score (nSPS) is 16.2. The summed E-state index contributed by atoms with van der Waals surface area (Å²) in [5, 5.41) is 14.2. The molecule has 0 aliphatic carbocycles. The van der Waals surface area contributed by atoms with Gasteiger partial charge in [0, 0.05) is 43.0 Å². The summed E-state index contributed by atoms with van der Waals surface area (Å²) in [4.78, 5) is 11.8. The van der Waals surface area contributed by atoms with Crippen molar-refractivity contribution in [2.45, 2.75) is 38.8 Å². The molecule has 0 radical (unpaired) electrons. The smallest absolute Gasteiger partial charge is 0.153 e. The maximum absolute atomic E-state index is 9.99. The van der Waals surface area contributed by atoms with Gasteiger partial charge < -0.3 is 15.7 Å². The van der Waals surface area contributed by atoms with E-state index >= 15 is 0 Å². The molecule has 0 bridgehead atoms. The fourth-order valence-corrected chi connectivity index (χ4v) is 3.89. The van der Waals surface area contributed by atoms with Gasteiger partial charge in [-0.2, -0.15) is 5.10 Å². The minimum atomic E-state index is -0.145. The fourth-order valence-electron chi connectivity index (χ4n) is 3.89. The second-order valence-corrected chi connectivity index (χ2v) is 8.15. The summed E-state index contributed by atoms with van der Waals surface area (Å²) in [7, 11) is 1.93. The first-order valence-corrected chi connectivity index (χ1v) is 9.99. The molecule has 3 aromatic rings. The number of benzene rings is 1. The predicted octanol–water partition coefficient (Wildman–Crippen LogP) is 2.66. The van der Waals surface area contributed by atoms with Crippen molar-refractivity contribution in [1.29, 1.82) is 0 Å². The van der Waals surface area contributed by atoms with Crippen molar-refractivity contribution in [3.8, 4) is 22.5 Å². The highest BCUT2D eigenvalue weighted by molar-refractivity contribution is 5.71. The minimum Gasteiger partial charge on any atom is -0.390 e. The first kappa shape index (κ1) is 19.5. The third-order valence-corrected chi connectivity index (χ3v) is 5.73. The Balaban J connectivity index is 1.70. The summed E-state index contributed by atoms with van der Waals surface area (Å²) in [5.41, 5.74) is 11.5. The highest BCUT2D eigenvalue weighted by Gasteiger charge is 2.28. The summed E-state index contributed by atoms with van der Waals surface area (Å²) < 4.78 is 1.85. The van der Waals surface area contributed by atoms with Crippen molar-refractivity contribution >= 4 is 5.82 Å². The first-order valence-electron chi connectivity index (χ1n) is 9.99. The third-order valence-electron chi connectivity index (χ3n) is 5.73. The third kappa shape index (κ3) is 3.88. The topological polar surface area (TPSA) is 93.1 Å². The standard InChI is InChI=1S/C22H28N6O/c1-15-20(17-6-4-5-16(13-17)19-7-10-24-27(19)3)26-18(14-29)21(25-15)28-11-8-22(2,23)9-12-28/h4-7,10,13,29H,8-9,11-12,14,23H2,1-3H3. The first-order chi connectivity index (χ1) is 13.9. The highest BCUT2D eigenvalue weighted by Crippen LogP contribution is 2.30. The number of nitrogens with zero attached hydrogens (tertiary/aromatic N) is 5. The summed E-state index contributed by atoms with van der Waals surface area (Å²) >= 11 is 0. The summed E-state index contributed by atoms with van der Waals surface area (Å²) in [6, 6.07) is 10.2. The second-order valence-electron chi connectivity index (χ2n) is 8.15. The molecule has 0 saturated carbocycles. The second kappa shape index (κ2) is 7.57. The molecule has 1 saturated heterocycles. The number of aromatic nitrogens is 4. The molecule has 0 unspecified atom stereocenters. The predicted molar refractivity (Wildman–Crippen MR) is 114 cm³/mol. The Morgan fingerprint density at radius 2 is 1.86 bits per heavy atom. The molecule has 29 heavy (non-hydrogen) atoms.